The zero-order valence-corrected chi connectivity index (χ0v) is 60.4. The number of unbranched alkanes of at least 4 members (excludes halogenated alkanes) is 35. The molecule has 0 aromatic heterocycles. The van der Waals surface area contributed by atoms with Crippen molar-refractivity contribution in [1.29, 1.82) is 0 Å². The van der Waals surface area contributed by atoms with E-state index in [1.807, 2.05) is 0 Å². The maximum atomic E-state index is 13.0. The highest BCUT2D eigenvalue weighted by Crippen LogP contribution is 2.45. The summed E-state index contributed by atoms with van der Waals surface area (Å²) in [6.07, 6.45) is 46.1. The average molecular weight is 1330 g/mol. The van der Waals surface area contributed by atoms with Gasteiger partial charge in [0.05, 0.1) is 26.4 Å². The monoisotopic (exact) mass is 1320 g/mol. The van der Waals surface area contributed by atoms with E-state index in [1.165, 1.54) is 161 Å². The number of esters is 4. The number of carbonyl (C=O) groups is 4. The minimum atomic E-state index is -4.95. The molecular formula is C71H138O17P2. The van der Waals surface area contributed by atoms with Gasteiger partial charge in [-0.15, -0.1) is 0 Å². The number of carbonyl (C=O) groups excluding carboxylic acids is 4. The minimum Gasteiger partial charge on any atom is -0.462 e. The lowest BCUT2D eigenvalue weighted by atomic mass is 10.00. The van der Waals surface area contributed by atoms with Crippen LogP contribution in [0.3, 0.4) is 0 Å². The summed E-state index contributed by atoms with van der Waals surface area (Å²) in [6, 6.07) is 0. The second-order valence-corrected chi connectivity index (χ2v) is 29.5. The quantitative estimate of drug-likeness (QED) is 0.0222. The topological polar surface area (TPSA) is 237 Å². The number of phosphoric ester groups is 2. The molecule has 0 aliphatic heterocycles. The van der Waals surface area contributed by atoms with Crippen LogP contribution in [-0.4, -0.2) is 96.7 Å². The number of hydrogen-bond acceptors (Lipinski definition) is 15. The van der Waals surface area contributed by atoms with E-state index in [1.54, 1.807) is 0 Å². The van der Waals surface area contributed by atoms with Crippen molar-refractivity contribution in [2.24, 2.45) is 17.8 Å². The Kier molecular flexibility index (Phi) is 60.6. The smallest absolute Gasteiger partial charge is 0.462 e. The number of ether oxygens (including phenoxy) is 4. The number of phosphoric acid groups is 2. The van der Waals surface area contributed by atoms with Gasteiger partial charge in [-0.3, -0.25) is 37.3 Å². The molecule has 0 amide bonds. The molecule has 7 atom stereocenters. The van der Waals surface area contributed by atoms with Crippen LogP contribution in [-0.2, 0) is 65.4 Å². The van der Waals surface area contributed by atoms with Crippen LogP contribution in [0, 0.1) is 17.8 Å². The van der Waals surface area contributed by atoms with Crippen molar-refractivity contribution < 1.29 is 80.2 Å². The molecule has 19 heteroatoms. The third-order valence-corrected chi connectivity index (χ3v) is 19.0. The van der Waals surface area contributed by atoms with Crippen molar-refractivity contribution in [3.05, 3.63) is 0 Å². The van der Waals surface area contributed by atoms with E-state index in [0.717, 1.165) is 114 Å². The van der Waals surface area contributed by atoms with Gasteiger partial charge in [-0.1, -0.05) is 305 Å². The van der Waals surface area contributed by atoms with Crippen LogP contribution < -0.4 is 0 Å². The maximum Gasteiger partial charge on any atom is 0.472 e. The largest absolute Gasteiger partial charge is 0.472 e. The Balaban J connectivity index is 5.21. The zero-order chi connectivity index (χ0) is 66.6. The standard InChI is InChI=1S/C71H138O17P2/c1-8-11-12-13-14-15-16-17-18-19-20-21-22-23-24-25-30-40-47-54-70(75)87-66(58-81-68(73)52-45-38-29-27-26-28-35-42-49-62(4)5)60-85-89(77,78)83-56-65(72)57-84-90(79,80)86-61-67(88-71(76)55-48-41-34-32-37-44-51-64(7)10-3)59-82-69(74)53-46-39-33-31-36-43-50-63(6)9-2/h62-67,72H,8-61H2,1-7H3,(H,77,78)(H,79,80)/t63?,64?,65-,66-,67-/m1/s1. The Hall–Kier alpha value is -1.94. The van der Waals surface area contributed by atoms with E-state index < -0.39 is 97.5 Å². The predicted octanol–water partition coefficient (Wildman–Crippen LogP) is 20.2. The van der Waals surface area contributed by atoms with Crippen LogP contribution in [0.2, 0.25) is 0 Å². The Labute approximate surface area is 549 Å². The molecule has 0 aromatic rings. The van der Waals surface area contributed by atoms with Gasteiger partial charge in [0.25, 0.3) is 0 Å². The third kappa shape index (κ3) is 62.2. The van der Waals surface area contributed by atoms with Gasteiger partial charge in [-0.25, -0.2) is 9.13 Å². The number of rotatable bonds is 69. The second-order valence-electron chi connectivity index (χ2n) is 26.6. The molecule has 3 N–H and O–H groups in total. The molecule has 0 aliphatic carbocycles. The first kappa shape index (κ1) is 88.1. The van der Waals surface area contributed by atoms with Gasteiger partial charge in [-0.2, -0.15) is 0 Å². The van der Waals surface area contributed by atoms with Gasteiger partial charge in [0.1, 0.15) is 19.3 Å². The zero-order valence-electron chi connectivity index (χ0n) is 58.6. The molecule has 90 heavy (non-hydrogen) atoms. The molecule has 534 valence electrons. The van der Waals surface area contributed by atoms with Gasteiger partial charge < -0.3 is 33.8 Å². The van der Waals surface area contributed by atoms with Gasteiger partial charge in [-0.05, 0) is 43.4 Å². The molecule has 0 fully saturated rings. The highest BCUT2D eigenvalue weighted by molar-refractivity contribution is 7.47. The summed E-state index contributed by atoms with van der Waals surface area (Å²) in [5.74, 6) is 0.0466. The van der Waals surface area contributed by atoms with Crippen LogP contribution in [0.25, 0.3) is 0 Å². The Bertz CT molecular complexity index is 1770. The molecule has 0 spiro atoms. The number of aliphatic hydroxyl groups is 1. The summed E-state index contributed by atoms with van der Waals surface area (Å²) in [5, 5.41) is 10.6. The highest BCUT2D eigenvalue weighted by Gasteiger charge is 2.30. The van der Waals surface area contributed by atoms with E-state index in [4.69, 9.17) is 37.0 Å². The number of hydrogen-bond donors (Lipinski definition) is 3. The second kappa shape index (κ2) is 61.9. The fraction of sp³-hybridized carbons (Fsp3) is 0.944. The van der Waals surface area contributed by atoms with Crippen molar-refractivity contribution in [1.82, 2.24) is 0 Å². The molecule has 17 nitrogen and oxygen atoms in total. The molecule has 0 bridgehead atoms. The normalized spacial score (nSPS) is 14.8. The van der Waals surface area contributed by atoms with E-state index in [-0.39, 0.29) is 25.7 Å². The van der Waals surface area contributed by atoms with E-state index in [0.29, 0.717) is 25.7 Å². The van der Waals surface area contributed by atoms with Crippen molar-refractivity contribution in [3.8, 4) is 0 Å². The Morgan fingerprint density at radius 3 is 0.844 bits per heavy atom. The van der Waals surface area contributed by atoms with E-state index in [2.05, 4.69) is 48.5 Å². The average Bonchev–Trinajstić information content (AvgIpc) is 3.24. The molecule has 4 unspecified atom stereocenters. The molecular weight excluding hydrogens is 1190 g/mol. The fourth-order valence-corrected chi connectivity index (χ4v) is 12.2. The van der Waals surface area contributed by atoms with Gasteiger partial charge in [0.2, 0.25) is 0 Å². The first-order chi connectivity index (χ1) is 43.3. The van der Waals surface area contributed by atoms with Crippen LogP contribution in [0.5, 0.6) is 0 Å². The fourth-order valence-electron chi connectivity index (χ4n) is 10.7. The number of aliphatic hydroxyl groups excluding tert-OH is 1. The first-order valence-electron chi connectivity index (χ1n) is 36.9. The van der Waals surface area contributed by atoms with Crippen LogP contribution >= 0.6 is 15.6 Å². The van der Waals surface area contributed by atoms with Crippen molar-refractivity contribution in [2.75, 3.05) is 39.6 Å². The van der Waals surface area contributed by atoms with Crippen LogP contribution in [0.15, 0.2) is 0 Å². The van der Waals surface area contributed by atoms with Crippen molar-refractivity contribution >= 4 is 39.5 Å². The van der Waals surface area contributed by atoms with Gasteiger partial charge in [0.15, 0.2) is 12.2 Å². The lowest BCUT2D eigenvalue weighted by molar-refractivity contribution is -0.161. The summed E-state index contributed by atoms with van der Waals surface area (Å²) in [4.78, 5) is 72.5. The van der Waals surface area contributed by atoms with Gasteiger partial charge >= 0.3 is 39.5 Å². The van der Waals surface area contributed by atoms with Gasteiger partial charge in [0, 0.05) is 25.7 Å². The molecule has 0 rings (SSSR count). The summed E-state index contributed by atoms with van der Waals surface area (Å²) < 4.78 is 68.3. The van der Waals surface area contributed by atoms with E-state index in [9.17, 15) is 43.2 Å². The lowest BCUT2D eigenvalue weighted by Crippen LogP contribution is -2.30. The van der Waals surface area contributed by atoms with Crippen LogP contribution in [0.1, 0.15) is 357 Å². The highest BCUT2D eigenvalue weighted by atomic mass is 31.2. The molecule has 0 saturated heterocycles. The third-order valence-electron chi connectivity index (χ3n) is 17.1. The molecule has 0 heterocycles. The first-order valence-corrected chi connectivity index (χ1v) is 39.9. The van der Waals surface area contributed by atoms with Crippen molar-refractivity contribution in [2.45, 2.75) is 375 Å². The predicted molar refractivity (Wildman–Crippen MR) is 363 cm³/mol. The molecule has 0 aliphatic rings. The summed E-state index contributed by atoms with van der Waals surface area (Å²) >= 11 is 0. The molecule has 0 radical (unpaired) electrons. The summed E-state index contributed by atoms with van der Waals surface area (Å²) in [6.45, 7) is 11.7. The summed E-state index contributed by atoms with van der Waals surface area (Å²) in [7, 11) is -9.90. The van der Waals surface area contributed by atoms with Crippen molar-refractivity contribution in [3.63, 3.8) is 0 Å². The SMILES string of the molecule is CCCCCCCCCCCCCCCCCCCCCC(=O)O[C@H](COC(=O)CCCCCCCCCCC(C)C)COP(=O)(O)OC[C@@H](O)COP(=O)(O)OC[C@@H](COC(=O)CCCCCCCCC(C)CC)OC(=O)CCCCCCCCC(C)CC. The Morgan fingerprint density at radius 1 is 0.322 bits per heavy atom. The Morgan fingerprint density at radius 2 is 0.567 bits per heavy atom. The van der Waals surface area contributed by atoms with Crippen LogP contribution in [0.4, 0.5) is 0 Å². The maximum absolute atomic E-state index is 13.0. The lowest BCUT2D eigenvalue weighted by Gasteiger charge is -2.21. The summed E-state index contributed by atoms with van der Waals surface area (Å²) in [5.41, 5.74) is 0. The minimum absolute atomic E-state index is 0.102. The van der Waals surface area contributed by atoms with E-state index >= 15 is 0 Å². The molecule has 0 saturated carbocycles. The molecule has 0 aromatic carbocycles.